The molecule has 0 radical (unpaired) electrons. The molecular weight excluding hydrogens is 877 g/mol. The number of carbonyl (C=O) groups excluding carboxylic acids is 2. The van der Waals surface area contributed by atoms with Crippen molar-refractivity contribution in [2.24, 2.45) is 29.6 Å². The van der Waals surface area contributed by atoms with Crippen LogP contribution < -0.4 is 19.7 Å². The maximum atomic E-state index is 12.3. The van der Waals surface area contributed by atoms with E-state index in [9.17, 15) is 9.59 Å². The number of ether oxygens (including phenoxy) is 3. The summed E-state index contributed by atoms with van der Waals surface area (Å²) in [5.74, 6) is 4.12. The Kier molecular flexibility index (Phi) is 17.7. The lowest BCUT2D eigenvalue weighted by Gasteiger charge is -2.47. The van der Waals surface area contributed by atoms with E-state index in [0.717, 1.165) is 84.8 Å². The van der Waals surface area contributed by atoms with Gasteiger partial charge in [0.1, 0.15) is 24.7 Å². The van der Waals surface area contributed by atoms with Gasteiger partial charge in [0.05, 0.1) is 51.2 Å². The summed E-state index contributed by atoms with van der Waals surface area (Å²) in [6.45, 7) is 27.2. The molecule has 10 rings (SSSR count). The van der Waals surface area contributed by atoms with E-state index in [0.29, 0.717) is 30.0 Å². The zero-order chi connectivity index (χ0) is 47.7. The van der Waals surface area contributed by atoms with E-state index >= 15 is 0 Å². The molecule has 0 aliphatic heterocycles. The molecule has 69 heavy (non-hydrogen) atoms. The number of hydrogen-bond acceptors (Lipinski definition) is 15. The molecule has 372 valence electrons. The van der Waals surface area contributed by atoms with Gasteiger partial charge < -0.3 is 33.6 Å². The molecule has 17 heteroatoms. The highest BCUT2D eigenvalue weighted by atomic mass is 16.5. The van der Waals surface area contributed by atoms with E-state index in [1.54, 1.807) is 39.2 Å². The van der Waals surface area contributed by atoms with Gasteiger partial charge in [-0.25, -0.2) is 46.8 Å². The third kappa shape index (κ3) is 9.35. The van der Waals surface area contributed by atoms with E-state index in [1.807, 2.05) is 20.0 Å². The van der Waals surface area contributed by atoms with Gasteiger partial charge in [0.25, 0.3) is 6.04 Å². The summed E-state index contributed by atoms with van der Waals surface area (Å²) < 4.78 is 21.6. The number of aromatic nitrogens is 7. The Balaban J connectivity index is 0.000000214. The van der Waals surface area contributed by atoms with Gasteiger partial charge in [-0.2, -0.15) is 0 Å². The minimum absolute atomic E-state index is 0. The first-order valence-electron chi connectivity index (χ1n) is 22.6. The van der Waals surface area contributed by atoms with Crippen molar-refractivity contribution >= 4 is 11.6 Å². The molecule has 0 bridgehead atoms. The van der Waals surface area contributed by atoms with Gasteiger partial charge in [0, 0.05) is 69.7 Å². The van der Waals surface area contributed by atoms with Crippen LogP contribution in [-0.4, -0.2) is 86.3 Å². The number of hydroxylamine groups is 1. The smallest absolute Gasteiger partial charge is 0.282 e. The van der Waals surface area contributed by atoms with Crippen molar-refractivity contribution < 1.29 is 33.5 Å². The van der Waals surface area contributed by atoms with Gasteiger partial charge in [-0.15, -0.1) is 0 Å². The minimum Gasteiger partial charge on any atom is -0.481 e. The van der Waals surface area contributed by atoms with E-state index < -0.39 is 11.5 Å². The van der Waals surface area contributed by atoms with Gasteiger partial charge in [0.2, 0.25) is 29.1 Å². The molecule has 6 aliphatic carbocycles. The van der Waals surface area contributed by atoms with E-state index in [4.69, 9.17) is 37.1 Å². The fourth-order valence-corrected chi connectivity index (χ4v) is 12.5. The second-order valence-corrected chi connectivity index (χ2v) is 18.9. The van der Waals surface area contributed by atoms with Crippen LogP contribution in [0.4, 0.5) is 0 Å². The number of hydrogen-bond donors (Lipinski definition) is 2. The Hall–Kier alpha value is -6.17. The van der Waals surface area contributed by atoms with Crippen molar-refractivity contribution in [3.63, 3.8) is 0 Å². The van der Waals surface area contributed by atoms with Gasteiger partial charge in [-0.05, 0) is 62.7 Å². The molecule has 4 aromatic heterocycles. The van der Waals surface area contributed by atoms with Crippen LogP contribution in [-0.2, 0) is 51.5 Å². The van der Waals surface area contributed by atoms with Crippen molar-refractivity contribution in [1.29, 1.82) is 0 Å². The van der Waals surface area contributed by atoms with Crippen LogP contribution in [0.2, 0.25) is 0 Å². The average Bonchev–Trinajstić information content (AvgIpc) is 3.80. The highest BCUT2D eigenvalue weighted by Gasteiger charge is 2.56. The Morgan fingerprint density at radius 3 is 1.67 bits per heavy atom. The molecule has 2 N–H and O–H groups in total. The number of ketones is 2. The number of rotatable bonds is 3. The lowest BCUT2D eigenvalue weighted by Crippen LogP contribution is -2.52. The summed E-state index contributed by atoms with van der Waals surface area (Å²) in [5.41, 5.74) is 8.77. The predicted molar refractivity (Wildman–Crippen MR) is 261 cm³/mol. The molecule has 1 saturated carbocycles. The zero-order valence-corrected chi connectivity index (χ0v) is 39.5. The Labute approximate surface area is 408 Å². The van der Waals surface area contributed by atoms with Crippen LogP contribution >= 0.6 is 0 Å². The summed E-state index contributed by atoms with van der Waals surface area (Å²) in [4.78, 5) is 57.8. The third-order valence-corrected chi connectivity index (χ3v) is 15.6. The quantitative estimate of drug-likeness (QED) is 0.146. The van der Waals surface area contributed by atoms with Crippen molar-refractivity contribution in [2.45, 2.75) is 143 Å². The summed E-state index contributed by atoms with van der Waals surface area (Å²) in [6.07, 6.45) is 15.3. The Morgan fingerprint density at radius 2 is 1.17 bits per heavy atom. The van der Waals surface area contributed by atoms with Crippen LogP contribution in [0.5, 0.6) is 17.6 Å². The first-order valence-corrected chi connectivity index (χ1v) is 22.6. The third-order valence-electron chi connectivity index (χ3n) is 15.6. The van der Waals surface area contributed by atoms with Gasteiger partial charge in [-0.3, -0.25) is 4.79 Å². The number of carbonyl (C=O) groups is 2. The molecule has 10 atom stereocenters. The maximum Gasteiger partial charge on any atom is 0.282 e. The SMILES string of the molecule is C.C.C.CNO.COc1ncnc2c1CC[C@H]1[C@H](C)c3oncc3C[C@]21C.[C-]#[N+]C1=C[C@]2(C)c3ncnc(OC)c3CC[C@H]2[C@H](C)C1=O.[C-]#[N+]C1C[C@]2(C)c3ncnc(OC)c3CC[C@H]2[C@H](C)C1=O. The van der Waals surface area contributed by atoms with Gasteiger partial charge in [-0.1, -0.05) is 75.1 Å². The molecule has 0 saturated heterocycles. The van der Waals surface area contributed by atoms with Crippen molar-refractivity contribution in [1.82, 2.24) is 40.5 Å². The molecule has 1 fully saturated rings. The van der Waals surface area contributed by atoms with Crippen LogP contribution in [0.3, 0.4) is 0 Å². The fourth-order valence-electron chi connectivity index (χ4n) is 12.5. The molecule has 17 nitrogen and oxygen atoms in total. The minimum atomic E-state index is -0.548. The molecule has 4 aromatic rings. The van der Waals surface area contributed by atoms with E-state index in [1.165, 1.54) is 30.8 Å². The van der Waals surface area contributed by atoms with Crippen molar-refractivity contribution in [3.05, 3.63) is 105 Å². The normalized spacial score (nSPS) is 29.3. The summed E-state index contributed by atoms with van der Waals surface area (Å²) >= 11 is 0. The van der Waals surface area contributed by atoms with Crippen LogP contribution in [0.1, 0.15) is 141 Å². The number of nitrogens with zero attached hydrogens (tertiary/aromatic N) is 9. The van der Waals surface area contributed by atoms with E-state index in [2.05, 4.69) is 72.4 Å². The number of allylic oxidation sites excluding steroid dienone is 2. The Bertz CT molecular complexity index is 2600. The summed E-state index contributed by atoms with van der Waals surface area (Å²) in [6, 6.07) is -0.548. The van der Waals surface area contributed by atoms with E-state index in [-0.39, 0.29) is 74.0 Å². The number of nitrogens with one attached hydrogen (secondary N) is 1. The van der Waals surface area contributed by atoms with Crippen molar-refractivity contribution in [3.8, 4) is 17.6 Å². The van der Waals surface area contributed by atoms with Crippen LogP contribution in [0.15, 0.2) is 41.5 Å². The predicted octanol–water partition coefficient (Wildman–Crippen LogP) is 8.69. The molecule has 4 heterocycles. The molecule has 1 unspecified atom stereocenters. The largest absolute Gasteiger partial charge is 0.481 e. The fraction of sp³-hybridized carbons (Fsp3) is 0.596. The summed E-state index contributed by atoms with van der Waals surface area (Å²) in [7, 11) is 6.33. The zero-order valence-electron chi connectivity index (χ0n) is 39.5. The number of methoxy groups -OCH3 is 3. The summed E-state index contributed by atoms with van der Waals surface area (Å²) in [5, 5.41) is 11.3. The molecule has 0 aromatic carbocycles. The van der Waals surface area contributed by atoms with Crippen molar-refractivity contribution in [2.75, 3.05) is 28.4 Å². The first kappa shape index (κ1) is 55.4. The molecule has 6 aliphatic rings. The number of Topliss-reactive ketones (excluding diaryl/α,β-unsaturated/α-hetero) is 2. The van der Waals surface area contributed by atoms with Crippen LogP contribution in [0, 0.1) is 42.7 Å². The van der Waals surface area contributed by atoms with Gasteiger partial charge >= 0.3 is 0 Å². The lowest BCUT2D eigenvalue weighted by molar-refractivity contribution is -0.129. The maximum absolute atomic E-state index is 12.3. The topological polar surface area (TPSA) is 206 Å². The standard InChI is InChI=1S/2C16H19N3O2.C16H17N3O2.CH5NO.3CH4/c1-9-12-5-4-11-14(17-8-18-15(11)20-3)16(12,2)6-10-7-19-21-13(9)10;2*1-9-11-6-5-10-14(18-8-19-15(10)21-4)16(11,2)7-12(17-3)13(9)20;1-2-3;;;/h7-9,12H,4-6H2,1-3H3;8-9,11-12H,5-7H2,1-2,4H3;7-9,11H,5-6H2,1-2,4H3;2-3H,1H3;3*1H4/t9-,12-,16-;9-,11-,12?,16-;9-,11-,16-;;;;/m000..../s1. The molecular formula is C52H72N10O7. The average molecular weight is 949 g/mol. The second-order valence-electron chi connectivity index (χ2n) is 18.9. The second kappa shape index (κ2) is 22.1. The molecule has 0 spiro atoms. The Morgan fingerprint density at radius 1 is 0.710 bits per heavy atom. The highest BCUT2D eigenvalue weighted by Crippen LogP contribution is 2.55. The highest BCUT2D eigenvalue weighted by molar-refractivity contribution is 6.00. The van der Waals surface area contributed by atoms with Gasteiger partial charge in [0.15, 0.2) is 5.78 Å². The monoisotopic (exact) mass is 949 g/mol. The molecule has 0 amide bonds. The number of fused-ring (bicyclic) bond motifs is 10. The lowest BCUT2D eigenvalue weighted by atomic mass is 9.55. The van der Waals surface area contributed by atoms with Crippen LogP contribution in [0.25, 0.3) is 9.69 Å². The first-order chi connectivity index (χ1) is 31.6.